The molecule has 1 saturated heterocycles. The number of guanidine groups is 1. The molecule has 1 aliphatic heterocycles. The zero-order valence-electron chi connectivity index (χ0n) is 17.8. The molecule has 1 aliphatic rings. The fourth-order valence-corrected chi connectivity index (χ4v) is 3.23. The van der Waals surface area contributed by atoms with Crippen molar-refractivity contribution in [3.05, 3.63) is 24.3 Å². The zero-order valence-corrected chi connectivity index (χ0v) is 17.8. The van der Waals surface area contributed by atoms with Crippen molar-refractivity contribution in [2.24, 2.45) is 4.99 Å². The van der Waals surface area contributed by atoms with E-state index < -0.39 is 0 Å². The Hall–Kier alpha value is -1.83. The number of nitrogens with one attached hydrogen (secondary N) is 2. The summed E-state index contributed by atoms with van der Waals surface area (Å²) in [4.78, 5) is 7.17. The summed E-state index contributed by atoms with van der Waals surface area (Å²) in [5, 5.41) is 6.74. The largest absolute Gasteiger partial charge is 0.493 e. The van der Waals surface area contributed by atoms with Crippen LogP contribution in [0.25, 0.3) is 0 Å². The molecule has 0 unspecified atom stereocenters. The SMILES string of the molecule is CCNC(=NCC1(N(C)C)CCOCC1)Nc1cccc(OCCCOC)c1. The Morgan fingerprint density at radius 3 is 2.71 bits per heavy atom. The first-order valence-corrected chi connectivity index (χ1v) is 10.1. The quantitative estimate of drug-likeness (QED) is 0.362. The van der Waals surface area contributed by atoms with Crippen molar-refractivity contribution in [1.29, 1.82) is 0 Å². The molecule has 2 N–H and O–H groups in total. The third-order valence-electron chi connectivity index (χ3n) is 5.11. The van der Waals surface area contributed by atoms with Gasteiger partial charge in [0.15, 0.2) is 5.96 Å². The van der Waals surface area contributed by atoms with Crippen LogP contribution in [0.5, 0.6) is 5.75 Å². The van der Waals surface area contributed by atoms with E-state index in [2.05, 4.69) is 36.6 Å². The van der Waals surface area contributed by atoms with Gasteiger partial charge in [0, 0.05) is 57.2 Å². The highest BCUT2D eigenvalue weighted by Crippen LogP contribution is 2.26. The van der Waals surface area contributed by atoms with E-state index in [1.54, 1.807) is 7.11 Å². The van der Waals surface area contributed by atoms with E-state index in [4.69, 9.17) is 19.2 Å². The first-order valence-electron chi connectivity index (χ1n) is 10.1. The molecule has 1 aromatic carbocycles. The molecule has 0 atom stereocenters. The lowest BCUT2D eigenvalue weighted by Crippen LogP contribution is -2.51. The van der Waals surface area contributed by atoms with Crippen LogP contribution in [0, 0.1) is 0 Å². The van der Waals surface area contributed by atoms with Crippen LogP contribution in [0.1, 0.15) is 26.2 Å². The van der Waals surface area contributed by atoms with Crippen LogP contribution in [-0.2, 0) is 9.47 Å². The number of nitrogens with zero attached hydrogens (tertiary/aromatic N) is 2. The molecule has 0 amide bonds. The molecule has 0 aliphatic carbocycles. The van der Waals surface area contributed by atoms with Crippen LogP contribution < -0.4 is 15.4 Å². The number of anilines is 1. The van der Waals surface area contributed by atoms with Gasteiger partial charge in [-0.05, 0) is 46.0 Å². The number of aliphatic imine (C=N–C) groups is 1. The van der Waals surface area contributed by atoms with E-state index in [0.717, 1.165) is 63.0 Å². The molecule has 0 spiro atoms. The average Bonchev–Trinajstić information content (AvgIpc) is 2.70. The molecule has 0 radical (unpaired) electrons. The molecule has 28 heavy (non-hydrogen) atoms. The monoisotopic (exact) mass is 392 g/mol. The lowest BCUT2D eigenvalue weighted by molar-refractivity contribution is -0.00251. The molecular formula is C21H36N4O3. The molecular weight excluding hydrogens is 356 g/mol. The predicted molar refractivity (Wildman–Crippen MR) is 115 cm³/mol. The van der Waals surface area contributed by atoms with E-state index in [1.165, 1.54) is 0 Å². The molecule has 0 aromatic heterocycles. The fourth-order valence-electron chi connectivity index (χ4n) is 3.23. The van der Waals surface area contributed by atoms with Crippen LogP contribution >= 0.6 is 0 Å². The average molecular weight is 393 g/mol. The Kier molecular flexibility index (Phi) is 9.54. The van der Waals surface area contributed by atoms with Crippen molar-refractivity contribution in [2.45, 2.75) is 31.7 Å². The van der Waals surface area contributed by atoms with Crippen molar-refractivity contribution in [1.82, 2.24) is 10.2 Å². The van der Waals surface area contributed by atoms with Crippen LogP contribution in [-0.4, -0.2) is 77.1 Å². The Bertz CT molecular complexity index is 601. The Labute approximate surface area is 169 Å². The second-order valence-corrected chi connectivity index (χ2v) is 7.27. The number of benzene rings is 1. The van der Waals surface area contributed by atoms with Gasteiger partial charge in [-0.15, -0.1) is 0 Å². The van der Waals surface area contributed by atoms with Crippen LogP contribution in [0.15, 0.2) is 29.3 Å². The van der Waals surface area contributed by atoms with Gasteiger partial charge < -0.3 is 29.7 Å². The summed E-state index contributed by atoms with van der Waals surface area (Å²) in [5.41, 5.74) is 1.00. The molecule has 1 heterocycles. The van der Waals surface area contributed by atoms with E-state index in [1.807, 2.05) is 24.3 Å². The second kappa shape index (κ2) is 11.9. The van der Waals surface area contributed by atoms with Crippen LogP contribution in [0.3, 0.4) is 0 Å². The first kappa shape index (κ1) is 22.5. The number of rotatable bonds is 10. The number of methoxy groups -OCH3 is 1. The third kappa shape index (κ3) is 6.96. The number of hydrogen-bond donors (Lipinski definition) is 2. The van der Waals surface area contributed by atoms with Crippen LogP contribution in [0.4, 0.5) is 5.69 Å². The summed E-state index contributed by atoms with van der Waals surface area (Å²) < 4.78 is 16.4. The van der Waals surface area contributed by atoms with Gasteiger partial charge in [-0.2, -0.15) is 0 Å². The normalized spacial score (nSPS) is 16.8. The lowest BCUT2D eigenvalue weighted by Gasteiger charge is -2.41. The van der Waals surface area contributed by atoms with Gasteiger partial charge >= 0.3 is 0 Å². The van der Waals surface area contributed by atoms with Crippen molar-refractivity contribution in [2.75, 3.05) is 66.0 Å². The molecule has 0 saturated carbocycles. The first-order chi connectivity index (χ1) is 13.6. The van der Waals surface area contributed by atoms with Crippen molar-refractivity contribution < 1.29 is 14.2 Å². The Morgan fingerprint density at radius 1 is 1.25 bits per heavy atom. The maximum Gasteiger partial charge on any atom is 0.195 e. The second-order valence-electron chi connectivity index (χ2n) is 7.27. The molecule has 2 rings (SSSR count). The molecule has 1 fully saturated rings. The molecule has 1 aromatic rings. The minimum atomic E-state index is 0.0485. The highest BCUT2D eigenvalue weighted by molar-refractivity contribution is 5.93. The molecule has 0 bridgehead atoms. The van der Waals surface area contributed by atoms with Crippen molar-refractivity contribution >= 4 is 11.6 Å². The van der Waals surface area contributed by atoms with Gasteiger partial charge in [0.25, 0.3) is 0 Å². The maximum atomic E-state index is 5.79. The van der Waals surface area contributed by atoms with Crippen LogP contribution in [0.2, 0.25) is 0 Å². The smallest absolute Gasteiger partial charge is 0.195 e. The van der Waals surface area contributed by atoms with E-state index in [9.17, 15) is 0 Å². The van der Waals surface area contributed by atoms with Gasteiger partial charge in [0.05, 0.1) is 13.2 Å². The summed E-state index contributed by atoms with van der Waals surface area (Å²) in [5.74, 6) is 1.62. The van der Waals surface area contributed by atoms with Gasteiger partial charge in [-0.3, -0.25) is 4.99 Å². The van der Waals surface area contributed by atoms with E-state index >= 15 is 0 Å². The Balaban J connectivity index is 2.02. The summed E-state index contributed by atoms with van der Waals surface area (Å²) >= 11 is 0. The maximum absolute atomic E-state index is 5.79. The number of ether oxygens (including phenoxy) is 3. The predicted octanol–water partition coefficient (Wildman–Crippen LogP) is 2.59. The van der Waals surface area contributed by atoms with Crippen molar-refractivity contribution in [3.63, 3.8) is 0 Å². The van der Waals surface area contributed by atoms with Gasteiger partial charge in [0.2, 0.25) is 0 Å². The van der Waals surface area contributed by atoms with E-state index in [-0.39, 0.29) is 5.54 Å². The molecule has 158 valence electrons. The minimum Gasteiger partial charge on any atom is -0.493 e. The third-order valence-corrected chi connectivity index (χ3v) is 5.11. The summed E-state index contributed by atoms with van der Waals surface area (Å²) in [6, 6.07) is 7.96. The zero-order chi connectivity index (χ0) is 20.2. The molecule has 7 nitrogen and oxygen atoms in total. The lowest BCUT2D eigenvalue weighted by atomic mass is 9.89. The highest BCUT2D eigenvalue weighted by atomic mass is 16.5. The highest BCUT2D eigenvalue weighted by Gasteiger charge is 2.34. The summed E-state index contributed by atoms with van der Waals surface area (Å²) in [6.45, 7) is 6.53. The fraction of sp³-hybridized carbons (Fsp3) is 0.667. The summed E-state index contributed by atoms with van der Waals surface area (Å²) in [6.07, 6.45) is 2.86. The number of hydrogen-bond acceptors (Lipinski definition) is 5. The van der Waals surface area contributed by atoms with Gasteiger partial charge in [-0.25, -0.2) is 0 Å². The molecule has 7 heteroatoms. The number of likely N-dealkylation sites (N-methyl/N-ethyl adjacent to an activating group) is 1. The standard InChI is InChI=1S/C21H36N4O3/c1-5-22-20(23-17-21(25(2)3)10-14-27-15-11-21)24-18-8-6-9-19(16-18)28-13-7-12-26-4/h6,8-9,16H,5,7,10-15,17H2,1-4H3,(H2,22,23,24). The van der Waals surface area contributed by atoms with Gasteiger partial charge in [0.1, 0.15) is 5.75 Å². The Morgan fingerprint density at radius 2 is 2.04 bits per heavy atom. The van der Waals surface area contributed by atoms with Crippen molar-refractivity contribution in [3.8, 4) is 5.75 Å². The van der Waals surface area contributed by atoms with E-state index in [0.29, 0.717) is 13.2 Å². The topological polar surface area (TPSA) is 67.4 Å². The summed E-state index contributed by atoms with van der Waals surface area (Å²) in [7, 11) is 5.96. The minimum absolute atomic E-state index is 0.0485. The van der Waals surface area contributed by atoms with Gasteiger partial charge in [-0.1, -0.05) is 6.07 Å².